The number of carbonyl (C=O) groups is 1. The zero-order valence-corrected chi connectivity index (χ0v) is 18.0. The van der Waals surface area contributed by atoms with Gasteiger partial charge in [0.25, 0.3) is 10.0 Å². The van der Waals surface area contributed by atoms with Gasteiger partial charge in [0, 0.05) is 23.4 Å². The largest absolute Gasteiger partial charge is 0.280 e. The monoisotopic (exact) mass is 439 g/mol. The summed E-state index contributed by atoms with van der Waals surface area (Å²) in [6, 6.07) is 19.2. The first-order chi connectivity index (χ1) is 14.5. The van der Waals surface area contributed by atoms with E-state index in [4.69, 9.17) is 0 Å². The van der Waals surface area contributed by atoms with Gasteiger partial charge in [-0.25, -0.2) is 13.4 Å². The second-order valence-corrected chi connectivity index (χ2v) is 9.53. The first-order valence-electron chi connectivity index (χ1n) is 9.59. The van der Waals surface area contributed by atoms with Crippen molar-refractivity contribution in [2.75, 3.05) is 4.72 Å². The molecule has 1 amide bonds. The molecule has 1 atom stereocenters. The van der Waals surface area contributed by atoms with E-state index >= 15 is 0 Å². The molecule has 0 fully saturated rings. The van der Waals surface area contributed by atoms with Crippen LogP contribution in [0.15, 0.2) is 82.1 Å². The Kier molecular flexibility index (Phi) is 5.69. The summed E-state index contributed by atoms with van der Waals surface area (Å²) in [5.41, 5.74) is 2.00. The van der Waals surface area contributed by atoms with Crippen LogP contribution in [0.1, 0.15) is 36.2 Å². The Morgan fingerprint density at radius 2 is 1.93 bits per heavy atom. The average molecular weight is 440 g/mol. The van der Waals surface area contributed by atoms with E-state index in [0.717, 1.165) is 16.2 Å². The van der Waals surface area contributed by atoms with E-state index < -0.39 is 10.0 Å². The third kappa shape index (κ3) is 4.15. The summed E-state index contributed by atoms with van der Waals surface area (Å²) >= 11 is 1.60. The minimum absolute atomic E-state index is 0.0377. The molecule has 0 spiro atoms. The highest BCUT2D eigenvalue weighted by atomic mass is 32.2. The van der Waals surface area contributed by atoms with E-state index in [1.807, 2.05) is 30.5 Å². The molecule has 6 nitrogen and oxygen atoms in total. The predicted octanol–water partition coefficient (Wildman–Crippen LogP) is 4.64. The molecule has 3 aromatic rings. The van der Waals surface area contributed by atoms with Gasteiger partial charge in [0.15, 0.2) is 0 Å². The highest BCUT2D eigenvalue weighted by Crippen LogP contribution is 2.35. The minimum Gasteiger partial charge on any atom is -0.280 e. The molecular formula is C22H21N3O3S2. The molecule has 154 valence electrons. The van der Waals surface area contributed by atoms with Crippen LogP contribution in [0, 0.1) is 0 Å². The third-order valence-electron chi connectivity index (χ3n) is 4.84. The highest BCUT2D eigenvalue weighted by molar-refractivity contribution is 7.92. The molecule has 8 heteroatoms. The molecule has 0 saturated heterocycles. The maximum atomic E-state index is 12.6. The SMILES string of the molecule is CCC(=O)N1N=C(c2cccc(NS(=O)(=O)c3ccccc3)c2)C[C@@H]1c1cccs1. The van der Waals surface area contributed by atoms with Crippen molar-refractivity contribution in [1.82, 2.24) is 5.01 Å². The molecule has 1 aliphatic rings. The van der Waals surface area contributed by atoms with Crippen molar-refractivity contribution >= 4 is 38.7 Å². The molecule has 0 radical (unpaired) electrons. The van der Waals surface area contributed by atoms with E-state index in [9.17, 15) is 13.2 Å². The fraction of sp³-hybridized carbons (Fsp3) is 0.182. The molecular weight excluding hydrogens is 418 g/mol. The molecule has 4 rings (SSSR count). The Morgan fingerprint density at radius 3 is 2.63 bits per heavy atom. The van der Waals surface area contributed by atoms with Crippen molar-refractivity contribution in [3.8, 4) is 0 Å². The van der Waals surface area contributed by atoms with Crippen LogP contribution in [0.25, 0.3) is 0 Å². The second-order valence-electron chi connectivity index (χ2n) is 6.87. The number of amides is 1. The van der Waals surface area contributed by atoms with Gasteiger partial charge in [0.2, 0.25) is 5.91 Å². The fourth-order valence-corrected chi connectivity index (χ4v) is 5.24. The first kappa shape index (κ1) is 20.3. The van der Waals surface area contributed by atoms with Crippen molar-refractivity contribution in [1.29, 1.82) is 0 Å². The quantitative estimate of drug-likeness (QED) is 0.608. The lowest BCUT2D eigenvalue weighted by molar-refractivity contribution is -0.132. The average Bonchev–Trinajstić information content (AvgIpc) is 3.43. The van der Waals surface area contributed by atoms with Gasteiger partial charge in [-0.1, -0.05) is 43.3 Å². The zero-order valence-electron chi connectivity index (χ0n) is 16.4. The summed E-state index contributed by atoms with van der Waals surface area (Å²) in [5, 5.41) is 8.14. The Bertz CT molecular complexity index is 1170. The normalized spacial score (nSPS) is 16.4. The molecule has 0 saturated carbocycles. The minimum atomic E-state index is -3.68. The van der Waals surface area contributed by atoms with E-state index in [0.29, 0.717) is 18.5 Å². The molecule has 1 N–H and O–H groups in total. The summed E-state index contributed by atoms with van der Waals surface area (Å²) in [7, 11) is -3.68. The lowest BCUT2D eigenvalue weighted by atomic mass is 10.0. The van der Waals surface area contributed by atoms with Gasteiger partial charge in [0.05, 0.1) is 16.6 Å². The summed E-state index contributed by atoms with van der Waals surface area (Å²) < 4.78 is 27.9. The van der Waals surface area contributed by atoms with Crippen LogP contribution >= 0.6 is 11.3 Å². The number of nitrogens with one attached hydrogen (secondary N) is 1. The summed E-state index contributed by atoms with van der Waals surface area (Å²) in [6.45, 7) is 1.82. The van der Waals surface area contributed by atoms with Crippen LogP contribution in [-0.2, 0) is 14.8 Å². The Balaban J connectivity index is 1.61. The van der Waals surface area contributed by atoms with E-state index in [1.54, 1.807) is 64.9 Å². The van der Waals surface area contributed by atoms with Crippen LogP contribution in [0.4, 0.5) is 5.69 Å². The summed E-state index contributed by atoms with van der Waals surface area (Å²) in [5.74, 6) is -0.0377. The number of hydrogen-bond donors (Lipinski definition) is 1. The Morgan fingerprint density at radius 1 is 1.13 bits per heavy atom. The van der Waals surface area contributed by atoms with Crippen molar-refractivity contribution < 1.29 is 13.2 Å². The van der Waals surface area contributed by atoms with Crippen molar-refractivity contribution in [2.45, 2.75) is 30.7 Å². The van der Waals surface area contributed by atoms with Gasteiger partial charge in [-0.15, -0.1) is 11.3 Å². The third-order valence-corrected chi connectivity index (χ3v) is 7.21. The Hall–Kier alpha value is -2.97. The molecule has 2 heterocycles. The van der Waals surface area contributed by atoms with Crippen LogP contribution in [0.2, 0.25) is 0 Å². The van der Waals surface area contributed by atoms with E-state index in [1.165, 1.54) is 0 Å². The number of nitrogens with zero attached hydrogens (tertiary/aromatic N) is 2. The smallest absolute Gasteiger partial charge is 0.261 e. The number of anilines is 1. The number of rotatable bonds is 6. The molecule has 0 aliphatic carbocycles. The number of thiophene rings is 1. The lowest BCUT2D eigenvalue weighted by Gasteiger charge is -2.19. The first-order valence-corrected chi connectivity index (χ1v) is 12.0. The number of sulfonamides is 1. The van der Waals surface area contributed by atoms with Crippen molar-refractivity contribution in [3.63, 3.8) is 0 Å². The molecule has 0 unspecified atom stereocenters. The highest BCUT2D eigenvalue weighted by Gasteiger charge is 2.33. The van der Waals surface area contributed by atoms with Gasteiger partial charge in [-0.3, -0.25) is 9.52 Å². The fourth-order valence-electron chi connectivity index (χ4n) is 3.36. The second kappa shape index (κ2) is 8.41. The molecule has 1 aromatic heterocycles. The summed E-state index contributed by atoms with van der Waals surface area (Å²) in [4.78, 5) is 13.7. The van der Waals surface area contributed by atoms with Crippen molar-refractivity contribution in [2.24, 2.45) is 5.10 Å². The maximum absolute atomic E-state index is 12.6. The predicted molar refractivity (Wildman–Crippen MR) is 119 cm³/mol. The number of hydrazone groups is 1. The zero-order chi connectivity index (χ0) is 21.1. The maximum Gasteiger partial charge on any atom is 0.261 e. The molecule has 30 heavy (non-hydrogen) atoms. The topological polar surface area (TPSA) is 78.8 Å². The van der Waals surface area contributed by atoms with E-state index in [2.05, 4.69) is 9.82 Å². The van der Waals surface area contributed by atoms with Gasteiger partial charge in [0.1, 0.15) is 0 Å². The van der Waals surface area contributed by atoms with Crippen LogP contribution in [-0.4, -0.2) is 25.0 Å². The number of carbonyl (C=O) groups excluding carboxylic acids is 1. The Labute approximate surface area is 179 Å². The molecule has 0 bridgehead atoms. The van der Waals surface area contributed by atoms with Gasteiger partial charge >= 0.3 is 0 Å². The van der Waals surface area contributed by atoms with Crippen LogP contribution < -0.4 is 4.72 Å². The number of hydrogen-bond acceptors (Lipinski definition) is 5. The van der Waals surface area contributed by atoms with Gasteiger partial charge < -0.3 is 0 Å². The van der Waals surface area contributed by atoms with Crippen LogP contribution in [0.5, 0.6) is 0 Å². The molecule has 2 aromatic carbocycles. The van der Waals surface area contributed by atoms with Gasteiger partial charge in [-0.05, 0) is 41.3 Å². The van der Waals surface area contributed by atoms with E-state index in [-0.39, 0.29) is 16.8 Å². The number of benzene rings is 2. The standard InChI is InChI=1S/C22H21N3O3S2/c1-2-22(26)25-20(21-12-7-13-29-21)15-19(23-25)16-8-6-9-17(14-16)24-30(27,28)18-10-4-3-5-11-18/h3-14,20,24H,2,15H2,1H3/t20-/m1/s1. The summed E-state index contributed by atoms with van der Waals surface area (Å²) in [6.07, 6.45) is 0.955. The van der Waals surface area contributed by atoms with Crippen LogP contribution in [0.3, 0.4) is 0 Å². The lowest BCUT2D eigenvalue weighted by Crippen LogP contribution is -2.25. The van der Waals surface area contributed by atoms with Crippen molar-refractivity contribution in [3.05, 3.63) is 82.6 Å². The van der Waals surface area contributed by atoms with Gasteiger partial charge in [-0.2, -0.15) is 5.10 Å². The molecule has 1 aliphatic heterocycles.